The van der Waals surface area contributed by atoms with E-state index >= 15 is 0 Å². The lowest BCUT2D eigenvalue weighted by molar-refractivity contribution is 1.60. The molecule has 0 N–H and O–H groups in total. The maximum absolute atomic E-state index is 3.55. The quantitative estimate of drug-likeness (QED) is 0.569. The van der Waals surface area contributed by atoms with Crippen LogP contribution in [0.4, 0.5) is 0 Å². The minimum atomic E-state index is 1.06. The molecule has 0 fully saturated rings. The average Bonchev–Trinajstić information content (AvgIpc) is 2.15. The normalized spacial score (nSPS) is 10.7. The van der Waals surface area contributed by atoms with Gasteiger partial charge in [-0.2, -0.15) is 0 Å². The Kier molecular flexibility index (Phi) is 2.77. The van der Waals surface area contributed by atoms with Gasteiger partial charge in [0.05, 0.1) is 0 Å². The molecule has 66 valence electrons. The van der Waals surface area contributed by atoms with Crippen molar-refractivity contribution in [2.75, 3.05) is 0 Å². The third kappa shape index (κ3) is 1.69. The summed E-state index contributed by atoms with van der Waals surface area (Å²) in [6, 6.07) is 10.4. The molecule has 2 aromatic rings. The van der Waals surface area contributed by atoms with Gasteiger partial charge in [-0.05, 0) is 64.6 Å². The number of halogens is 3. The standard InChI is InChI=1S/C10H5Br3/c11-8-5-6-3-1-2-4-7(6)9(12)10(8)13/h1-5H. The molecule has 0 radical (unpaired) electrons. The van der Waals surface area contributed by atoms with Crippen molar-refractivity contribution in [3.63, 3.8) is 0 Å². The summed E-state index contributed by atoms with van der Waals surface area (Å²) < 4.78 is 3.22. The molecule has 3 heteroatoms. The second-order valence-electron chi connectivity index (χ2n) is 2.71. The fourth-order valence-electron chi connectivity index (χ4n) is 1.25. The van der Waals surface area contributed by atoms with Gasteiger partial charge in [-0.1, -0.05) is 24.3 Å². The van der Waals surface area contributed by atoms with Gasteiger partial charge >= 0.3 is 0 Å². The van der Waals surface area contributed by atoms with Gasteiger partial charge in [0.1, 0.15) is 0 Å². The molecule has 0 amide bonds. The summed E-state index contributed by atoms with van der Waals surface area (Å²) in [6.45, 7) is 0. The van der Waals surface area contributed by atoms with Crippen molar-refractivity contribution in [2.45, 2.75) is 0 Å². The first-order valence-corrected chi connectivity index (χ1v) is 6.10. The van der Waals surface area contributed by atoms with Gasteiger partial charge in [-0.25, -0.2) is 0 Å². The van der Waals surface area contributed by atoms with Crippen LogP contribution in [-0.4, -0.2) is 0 Å². The Bertz CT molecular complexity index is 463. The predicted molar refractivity (Wildman–Crippen MR) is 67.0 cm³/mol. The highest BCUT2D eigenvalue weighted by molar-refractivity contribution is 9.14. The summed E-state index contributed by atoms with van der Waals surface area (Å²) in [5, 5.41) is 2.45. The molecule has 0 bridgehead atoms. The topological polar surface area (TPSA) is 0 Å². The number of benzene rings is 2. The fraction of sp³-hybridized carbons (Fsp3) is 0. The van der Waals surface area contributed by atoms with Crippen molar-refractivity contribution in [1.29, 1.82) is 0 Å². The van der Waals surface area contributed by atoms with Gasteiger partial charge < -0.3 is 0 Å². The van der Waals surface area contributed by atoms with Gasteiger partial charge in [-0.3, -0.25) is 0 Å². The zero-order chi connectivity index (χ0) is 9.42. The Balaban J connectivity index is 2.94. The van der Waals surface area contributed by atoms with Crippen LogP contribution >= 0.6 is 47.8 Å². The molecule has 0 spiro atoms. The van der Waals surface area contributed by atoms with Crippen LogP contribution in [-0.2, 0) is 0 Å². The number of rotatable bonds is 0. The monoisotopic (exact) mass is 362 g/mol. The Hall–Kier alpha value is 0.140. The van der Waals surface area contributed by atoms with Crippen LogP contribution in [0.1, 0.15) is 0 Å². The van der Waals surface area contributed by atoms with Gasteiger partial charge in [-0.15, -0.1) is 0 Å². The highest BCUT2D eigenvalue weighted by atomic mass is 79.9. The molecule has 0 unspecified atom stereocenters. The van der Waals surface area contributed by atoms with Crippen molar-refractivity contribution in [2.24, 2.45) is 0 Å². The third-order valence-electron chi connectivity index (χ3n) is 1.88. The highest BCUT2D eigenvalue weighted by Crippen LogP contribution is 2.37. The zero-order valence-corrected chi connectivity index (χ0v) is 11.3. The minimum absolute atomic E-state index is 1.06. The number of hydrogen-bond donors (Lipinski definition) is 0. The molecule has 0 nitrogen and oxygen atoms in total. The summed E-state index contributed by atoms with van der Waals surface area (Å²) in [6.07, 6.45) is 0. The Morgan fingerprint density at radius 1 is 0.846 bits per heavy atom. The Morgan fingerprint density at radius 3 is 2.31 bits per heavy atom. The van der Waals surface area contributed by atoms with Gasteiger partial charge in [0, 0.05) is 13.4 Å². The van der Waals surface area contributed by atoms with Gasteiger partial charge in [0.25, 0.3) is 0 Å². The summed E-state index contributed by atoms with van der Waals surface area (Å²) in [5.41, 5.74) is 0. The lowest BCUT2D eigenvalue weighted by atomic mass is 10.1. The summed E-state index contributed by atoms with van der Waals surface area (Å²) in [7, 11) is 0. The van der Waals surface area contributed by atoms with Crippen LogP contribution in [0.3, 0.4) is 0 Å². The molecule has 13 heavy (non-hydrogen) atoms. The van der Waals surface area contributed by atoms with E-state index in [0.717, 1.165) is 13.4 Å². The molecule has 0 aliphatic rings. The molecule has 0 heterocycles. The van der Waals surface area contributed by atoms with Gasteiger partial charge in [0.2, 0.25) is 0 Å². The Morgan fingerprint density at radius 2 is 1.54 bits per heavy atom. The number of hydrogen-bond acceptors (Lipinski definition) is 0. The molecule has 0 atom stereocenters. The van der Waals surface area contributed by atoms with Crippen molar-refractivity contribution >= 4 is 58.6 Å². The first kappa shape index (κ1) is 9.69. The minimum Gasteiger partial charge on any atom is -0.0616 e. The van der Waals surface area contributed by atoms with E-state index in [1.807, 2.05) is 12.1 Å². The fourth-order valence-corrected chi connectivity index (χ4v) is 2.86. The summed E-state index contributed by atoms with van der Waals surface area (Å²) in [5.74, 6) is 0. The first-order valence-electron chi connectivity index (χ1n) is 3.72. The van der Waals surface area contributed by atoms with E-state index in [1.165, 1.54) is 10.8 Å². The third-order valence-corrected chi connectivity index (χ3v) is 5.22. The second kappa shape index (κ2) is 3.71. The van der Waals surface area contributed by atoms with E-state index in [1.54, 1.807) is 0 Å². The smallest absolute Gasteiger partial charge is 0.0466 e. The van der Waals surface area contributed by atoms with E-state index < -0.39 is 0 Å². The largest absolute Gasteiger partial charge is 0.0616 e. The van der Waals surface area contributed by atoms with E-state index in [4.69, 9.17) is 0 Å². The van der Waals surface area contributed by atoms with Crippen molar-refractivity contribution in [3.8, 4) is 0 Å². The van der Waals surface area contributed by atoms with Crippen LogP contribution < -0.4 is 0 Å². The molecule has 0 aliphatic carbocycles. The van der Waals surface area contributed by atoms with E-state index in [9.17, 15) is 0 Å². The molecule has 2 aromatic carbocycles. The van der Waals surface area contributed by atoms with Crippen molar-refractivity contribution < 1.29 is 0 Å². The lowest BCUT2D eigenvalue weighted by Gasteiger charge is -2.04. The molecule has 0 saturated heterocycles. The molecule has 2 rings (SSSR count). The van der Waals surface area contributed by atoms with Crippen LogP contribution in [0.25, 0.3) is 10.8 Å². The second-order valence-corrected chi connectivity index (χ2v) is 5.15. The maximum Gasteiger partial charge on any atom is 0.0466 e. The molecule has 0 saturated carbocycles. The lowest BCUT2D eigenvalue weighted by Crippen LogP contribution is -1.77. The first-order chi connectivity index (χ1) is 6.20. The molecular formula is C10H5Br3. The van der Waals surface area contributed by atoms with Crippen LogP contribution in [0.5, 0.6) is 0 Å². The van der Waals surface area contributed by atoms with E-state index in [2.05, 4.69) is 66.0 Å². The molecule has 0 aromatic heterocycles. The Labute approximate surface area is 102 Å². The van der Waals surface area contributed by atoms with E-state index in [0.29, 0.717) is 0 Å². The molecular weight excluding hydrogens is 360 g/mol. The van der Waals surface area contributed by atoms with Gasteiger partial charge in [0.15, 0.2) is 0 Å². The average molecular weight is 365 g/mol. The maximum atomic E-state index is 3.55. The van der Waals surface area contributed by atoms with Crippen LogP contribution in [0, 0.1) is 0 Å². The SMILES string of the molecule is Brc1cc2ccccc2c(Br)c1Br. The predicted octanol–water partition coefficient (Wildman–Crippen LogP) is 5.13. The van der Waals surface area contributed by atoms with Crippen LogP contribution in [0.15, 0.2) is 43.7 Å². The van der Waals surface area contributed by atoms with Crippen LogP contribution in [0.2, 0.25) is 0 Å². The van der Waals surface area contributed by atoms with E-state index in [-0.39, 0.29) is 0 Å². The van der Waals surface area contributed by atoms with Crippen molar-refractivity contribution in [1.82, 2.24) is 0 Å². The summed E-state index contributed by atoms with van der Waals surface area (Å²) >= 11 is 10.6. The highest BCUT2D eigenvalue weighted by Gasteiger charge is 2.06. The number of fused-ring (bicyclic) bond motifs is 1. The molecule has 0 aliphatic heterocycles. The van der Waals surface area contributed by atoms with Crippen molar-refractivity contribution in [3.05, 3.63) is 43.7 Å². The summed E-state index contributed by atoms with van der Waals surface area (Å²) in [4.78, 5) is 0. The zero-order valence-electron chi connectivity index (χ0n) is 6.52.